The third-order valence-corrected chi connectivity index (χ3v) is 3.95. The fourth-order valence-corrected chi connectivity index (χ4v) is 2.93. The van der Waals surface area contributed by atoms with Crippen molar-refractivity contribution in [3.05, 3.63) is 12.2 Å². The van der Waals surface area contributed by atoms with E-state index in [1.54, 1.807) is 0 Å². The van der Waals surface area contributed by atoms with Crippen molar-refractivity contribution in [3.63, 3.8) is 0 Å². The molecule has 1 saturated carbocycles. The van der Waals surface area contributed by atoms with E-state index < -0.39 is 0 Å². The van der Waals surface area contributed by atoms with E-state index in [0.717, 1.165) is 38.6 Å². The molecule has 17 heavy (non-hydrogen) atoms. The van der Waals surface area contributed by atoms with Crippen molar-refractivity contribution in [2.24, 2.45) is 5.92 Å². The topological polar surface area (TPSA) is 38.3 Å². The largest absolute Gasteiger partial charge is 0.465 e. The Bertz CT molecular complexity index is 301. The van der Waals surface area contributed by atoms with Crippen LogP contribution in [-0.4, -0.2) is 24.7 Å². The summed E-state index contributed by atoms with van der Waals surface area (Å²) in [6.07, 6.45) is 10.7. The van der Waals surface area contributed by atoms with Gasteiger partial charge in [0.15, 0.2) is 0 Å². The number of esters is 1. The van der Waals surface area contributed by atoms with E-state index in [2.05, 4.69) is 24.4 Å². The molecule has 0 bridgehead atoms. The van der Waals surface area contributed by atoms with Crippen LogP contribution in [0, 0.1) is 5.92 Å². The van der Waals surface area contributed by atoms with E-state index in [0.29, 0.717) is 6.61 Å². The zero-order valence-electron chi connectivity index (χ0n) is 10.7. The Kier molecular flexibility index (Phi) is 4.21. The first-order chi connectivity index (χ1) is 8.28. The number of hydrogen-bond donors (Lipinski definition) is 1. The van der Waals surface area contributed by atoms with Gasteiger partial charge in [0.2, 0.25) is 0 Å². The van der Waals surface area contributed by atoms with Gasteiger partial charge in [0.05, 0.1) is 18.1 Å². The van der Waals surface area contributed by atoms with Crippen LogP contribution in [0.15, 0.2) is 12.2 Å². The molecule has 0 amide bonds. The number of rotatable bonds is 4. The van der Waals surface area contributed by atoms with Crippen molar-refractivity contribution in [3.8, 4) is 0 Å². The molecule has 2 aliphatic rings. The van der Waals surface area contributed by atoms with E-state index in [4.69, 9.17) is 4.74 Å². The first-order valence-corrected chi connectivity index (χ1v) is 6.88. The lowest BCUT2D eigenvalue weighted by Gasteiger charge is -2.39. The summed E-state index contributed by atoms with van der Waals surface area (Å²) in [5, 5.41) is 3.48. The van der Waals surface area contributed by atoms with Crippen molar-refractivity contribution < 1.29 is 9.53 Å². The highest BCUT2D eigenvalue weighted by molar-refractivity contribution is 5.75. The van der Waals surface area contributed by atoms with Crippen LogP contribution in [0.3, 0.4) is 0 Å². The van der Waals surface area contributed by atoms with Crippen molar-refractivity contribution >= 4 is 5.97 Å². The van der Waals surface area contributed by atoms with Crippen molar-refractivity contribution in [1.29, 1.82) is 0 Å². The van der Waals surface area contributed by atoms with Crippen LogP contribution in [-0.2, 0) is 9.53 Å². The van der Waals surface area contributed by atoms with Gasteiger partial charge in [-0.1, -0.05) is 38.3 Å². The number of ether oxygens (including phenoxy) is 1. The minimum atomic E-state index is -0.0957. The zero-order chi connectivity index (χ0) is 12.1. The lowest BCUT2D eigenvalue weighted by Crippen LogP contribution is -2.52. The minimum Gasteiger partial charge on any atom is -0.465 e. The normalized spacial score (nSPS) is 31.9. The molecule has 1 N–H and O–H groups in total. The molecule has 96 valence electrons. The second-order valence-electron chi connectivity index (χ2n) is 5.14. The molecular formula is C14H23NO2. The summed E-state index contributed by atoms with van der Waals surface area (Å²) >= 11 is 0. The second kappa shape index (κ2) is 5.67. The maximum absolute atomic E-state index is 12.1. The Morgan fingerprint density at radius 1 is 1.53 bits per heavy atom. The fourth-order valence-electron chi connectivity index (χ4n) is 2.93. The highest BCUT2D eigenvalue weighted by Crippen LogP contribution is 2.37. The van der Waals surface area contributed by atoms with E-state index in [9.17, 15) is 4.79 Å². The van der Waals surface area contributed by atoms with Crippen LogP contribution in [0.1, 0.15) is 45.4 Å². The maximum atomic E-state index is 12.1. The van der Waals surface area contributed by atoms with Gasteiger partial charge in [-0.05, 0) is 19.3 Å². The van der Waals surface area contributed by atoms with Crippen LogP contribution in [0.25, 0.3) is 0 Å². The number of carbonyl (C=O) groups is 1. The lowest BCUT2D eigenvalue weighted by molar-refractivity contribution is -0.152. The van der Waals surface area contributed by atoms with Gasteiger partial charge in [-0.25, -0.2) is 0 Å². The van der Waals surface area contributed by atoms with Crippen LogP contribution < -0.4 is 5.32 Å². The van der Waals surface area contributed by atoms with Gasteiger partial charge in [0.25, 0.3) is 0 Å². The fraction of sp³-hybridized carbons (Fsp3) is 0.786. The molecule has 0 aromatic carbocycles. The summed E-state index contributed by atoms with van der Waals surface area (Å²) in [6, 6.07) is 0. The predicted octanol–water partition coefficient (Wildman–Crippen LogP) is 2.42. The van der Waals surface area contributed by atoms with E-state index in [1.165, 1.54) is 6.42 Å². The smallest absolute Gasteiger partial charge is 0.311 e. The molecule has 0 aromatic heterocycles. The van der Waals surface area contributed by atoms with Gasteiger partial charge in [-0.3, -0.25) is 4.79 Å². The molecule has 1 spiro atoms. The minimum absolute atomic E-state index is 0.00259. The zero-order valence-corrected chi connectivity index (χ0v) is 10.7. The van der Waals surface area contributed by atoms with Gasteiger partial charge in [-0.2, -0.15) is 0 Å². The SMILES string of the molecule is CCCCOC(=O)C1CCCC[C@@]12C=CCN2. The summed E-state index contributed by atoms with van der Waals surface area (Å²) in [6.45, 7) is 3.57. The predicted molar refractivity (Wildman–Crippen MR) is 67.7 cm³/mol. The summed E-state index contributed by atoms with van der Waals surface area (Å²) in [7, 11) is 0. The molecule has 1 heterocycles. The molecule has 1 fully saturated rings. The Labute approximate surface area is 104 Å². The number of nitrogens with one attached hydrogen (secondary N) is 1. The molecular weight excluding hydrogens is 214 g/mol. The summed E-state index contributed by atoms with van der Waals surface area (Å²) in [4.78, 5) is 12.1. The molecule has 0 radical (unpaired) electrons. The van der Waals surface area contributed by atoms with Crippen LogP contribution in [0.4, 0.5) is 0 Å². The maximum Gasteiger partial charge on any atom is 0.311 e. The Balaban J connectivity index is 1.96. The molecule has 3 heteroatoms. The summed E-state index contributed by atoms with van der Waals surface area (Å²) in [5.41, 5.74) is -0.0957. The Morgan fingerprint density at radius 2 is 2.41 bits per heavy atom. The Morgan fingerprint density at radius 3 is 3.12 bits per heavy atom. The first-order valence-electron chi connectivity index (χ1n) is 6.88. The molecule has 1 aliphatic heterocycles. The molecule has 0 saturated heterocycles. The highest BCUT2D eigenvalue weighted by atomic mass is 16.5. The van der Waals surface area contributed by atoms with Gasteiger partial charge in [0.1, 0.15) is 0 Å². The van der Waals surface area contributed by atoms with E-state index >= 15 is 0 Å². The Hall–Kier alpha value is -0.830. The highest BCUT2D eigenvalue weighted by Gasteiger charge is 2.44. The molecule has 3 nitrogen and oxygen atoms in total. The third-order valence-electron chi connectivity index (χ3n) is 3.95. The number of unbranched alkanes of at least 4 members (excludes halogenated alkanes) is 1. The summed E-state index contributed by atoms with van der Waals surface area (Å²) in [5.74, 6) is 0.0176. The average Bonchev–Trinajstić information content (AvgIpc) is 2.79. The van der Waals surface area contributed by atoms with E-state index in [-0.39, 0.29) is 17.4 Å². The van der Waals surface area contributed by atoms with Gasteiger partial charge < -0.3 is 10.1 Å². The third kappa shape index (κ3) is 2.71. The van der Waals surface area contributed by atoms with Gasteiger partial charge in [0, 0.05) is 6.54 Å². The van der Waals surface area contributed by atoms with Crippen molar-refractivity contribution in [2.75, 3.05) is 13.2 Å². The first kappa shape index (κ1) is 12.6. The second-order valence-corrected chi connectivity index (χ2v) is 5.14. The molecule has 2 rings (SSSR count). The summed E-state index contributed by atoms with van der Waals surface area (Å²) < 4.78 is 5.40. The molecule has 0 aromatic rings. The van der Waals surface area contributed by atoms with Crippen LogP contribution in [0.2, 0.25) is 0 Å². The van der Waals surface area contributed by atoms with Gasteiger partial charge in [-0.15, -0.1) is 0 Å². The lowest BCUT2D eigenvalue weighted by atomic mass is 9.73. The number of carbonyl (C=O) groups excluding carboxylic acids is 1. The molecule has 2 atom stereocenters. The van der Waals surface area contributed by atoms with Crippen LogP contribution in [0.5, 0.6) is 0 Å². The molecule has 1 aliphatic carbocycles. The quantitative estimate of drug-likeness (QED) is 0.463. The standard InChI is InChI=1S/C14H23NO2/c1-2-3-11-17-13(16)12-7-4-5-8-14(12)9-6-10-15-14/h6,9,12,15H,2-5,7-8,10-11H2,1H3/t12?,14-/m1/s1. The van der Waals surface area contributed by atoms with Crippen LogP contribution >= 0.6 is 0 Å². The van der Waals surface area contributed by atoms with Crippen molar-refractivity contribution in [2.45, 2.75) is 51.0 Å². The van der Waals surface area contributed by atoms with Gasteiger partial charge >= 0.3 is 5.97 Å². The number of hydrogen-bond acceptors (Lipinski definition) is 3. The average molecular weight is 237 g/mol. The van der Waals surface area contributed by atoms with Crippen molar-refractivity contribution in [1.82, 2.24) is 5.32 Å². The molecule has 1 unspecified atom stereocenters. The van der Waals surface area contributed by atoms with E-state index in [1.807, 2.05) is 0 Å². The monoisotopic (exact) mass is 237 g/mol.